The molecule has 1 aliphatic carbocycles. The number of alkyl carbamates (subject to hydrolysis) is 1. The molecule has 26 heavy (non-hydrogen) atoms. The summed E-state index contributed by atoms with van der Waals surface area (Å²) in [5.41, 5.74) is 6.73. The molecule has 0 aromatic heterocycles. The molecule has 6 nitrogen and oxygen atoms in total. The molecule has 1 aromatic carbocycles. The minimum Gasteiger partial charge on any atom is -0.459 e. The number of esters is 1. The summed E-state index contributed by atoms with van der Waals surface area (Å²) >= 11 is 0. The summed E-state index contributed by atoms with van der Waals surface area (Å²) in [5, 5.41) is 2.87. The van der Waals surface area contributed by atoms with Crippen LogP contribution < -0.4 is 11.1 Å². The van der Waals surface area contributed by atoms with E-state index in [1.165, 1.54) is 6.08 Å². The van der Waals surface area contributed by atoms with Crippen LogP contribution >= 0.6 is 0 Å². The molecule has 2 rings (SSSR count). The van der Waals surface area contributed by atoms with E-state index in [-0.39, 0.29) is 18.1 Å². The van der Waals surface area contributed by atoms with Crippen LogP contribution in [-0.4, -0.2) is 29.8 Å². The number of nitrogens with one attached hydrogen (secondary N) is 1. The molecule has 1 amide bonds. The summed E-state index contributed by atoms with van der Waals surface area (Å²) in [6.07, 6.45) is 5.47. The highest BCUT2D eigenvalue weighted by Gasteiger charge is 2.26. The van der Waals surface area contributed by atoms with Gasteiger partial charge in [-0.05, 0) is 64.2 Å². The van der Waals surface area contributed by atoms with E-state index in [0.717, 1.165) is 18.4 Å². The SMILES string of the molecule is CC(C)(C)OC(=O)N[C@H]1CC[C@@H](OC(=O)/C=C/c2ccccc2N)CC1. The van der Waals surface area contributed by atoms with Gasteiger partial charge in [-0.25, -0.2) is 9.59 Å². The number of carbonyl (C=O) groups excluding carboxylic acids is 2. The van der Waals surface area contributed by atoms with Gasteiger partial charge < -0.3 is 20.5 Å². The van der Waals surface area contributed by atoms with Crippen LogP contribution in [0.4, 0.5) is 10.5 Å². The second-order valence-electron chi connectivity index (χ2n) is 7.52. The Balaban J connectivity index is 1.74. The van der Waals surface area contributed by atoms with Crippen molar-refractivity contribution in [2.45, 2.75) is 64.2 Å². The monoisotopic (exact) mass is 360 g/mol. The number of carbonyl (C=O) groups is 2. The quantitative estimate of drug-likeness (QED) is 0.486. The Morgan fingerprint density at radius 3 is 2.42 bits per heavy atom. The molecular weight excluding hydrogens is 332 g/mol. The fourth-order valence-electron chi connectivity index (χ4n) is 2.82. The van der Waals surface area contributed by atoms with Gasteiger partial charge >= 0.3 is 12.1 Å². The topological polar surface area (TPSA) is 90.6 Å². The van der Waals surface area contributed by atoms with Crippen molar-refractivity contribution in [1.82, 2.24) is 5.32 Å². The van der Waals surface area contributed by atoms with Gasteiger partial charge in [-0.1, -0.05) is 18.2 Å². The Bertz CT molecular complexity index is 656. The van der Waals surface area contributed by atoms with Crippen LogP contribution in [-0.2, 0) is 14.3 Å². The number of benzene rings is 1. The molecular formula is C20H28N2O4. The fourth-order valence-corrected chi connectivity index (χ4v) is 2.82. The molecule has 0 heterocycles. The smallest absolute Gasteiger partial charge is 0.407 e. The second kappa shape index (κ2) is 8.74. The van der Waals surface area contributed by atoms with E-state index in [1.54, 1.807) is 12.1 Å². The first-order chi connectivity index (χ1) is 12.2. The average molecular weight is 360 g/mol. The normalized spacial score (nSPS) is 20.6. The van der Waals surface area contributed by atoms with E-state index in [9.17, 15) is 9.59 Å². The summed E-state index contributed by atoms with van der Waals surface area (Å²) < 4.78 is 10.7. The second-order valence-corrected chi connectivity index (χ2v) is 7.52. The Morgan fingerprint density at radius 2 is 1.81 bits per heavy atom. The van der Waals surface area contributed by atoms with Gasteiger partial charge in [0.2, 0.25) is 0 Å². The third-order valence-electron chi connectivity index (χ3n) is 4.07. The standard InChI is InChI=1S/C20H28N2O4/c1-20(2,3)26-19(24)22-15-9-11-16(12-10-15)25-18(23)13-8-14-6-4-5-7-17(14)21/h4-8,13,15-16H,9-12,21H2,1-3H3,(H,22,24)/b13-8+/t15-,16+. The minimum atomic E-state index is -0.509. The van der Waals surface area contributed by atoms with Gasteiger partial charge in [0.25, 0.3) is 0 Å². The zero-order valence-electron chi connectivity index (χ0n) is 15.7. The van der Waals surface area contributed by atoms with Gasteiger partial charge in [0.15, 0.2) is 0 Å². The predicted molar refractivity (Wildman–Crippen MR) is 101 cm³/mol. The van der Waals surface area contributed by atoms with Gasteiger partial charge in [0.05, 0.1) is 0 Å². The zero-order chi connectivity index (χ0) is 19.2. The molecule has 3 N–H and O–H groups in total. The number of ether oxygens (including phenoxy) is 2. The summed E-state index contributed by atoms with van der Waals surface area (Å²) in [4.78, 5) is 23.8. The molecule has 1 fully saturated rings. The van der Waals surface area contributed by atoms with Gasteiger partial charge in [-0.15, -0.1) is 0 Å². The van der Waals surface area contributed by atoms with E-state index in [0.29, 0.717) is 18.5 Å². The van der Waals surface area contributed by atoms with Crippen molar-refractivity contribution in [2.75, 3.05) is 5.73 Å². The first-order valence-electron chi connectivity index (χ1n) is 8.95. The summed E-state index contributed by atoms with van der Waals surface area (Å²) in [6, 6.07) is 7.38. The van der Waals surface area contributed by atoms with Gasteiger partial charge in [-0.3, -0.25) is 0 Å². The van der Waals surface area contributed by atoms with Crippen LogP contribution in [0, 0.1) is 0 Å². The third kappa shape index (κ3) is 6.78. The Hall–Kier alpha value is -2.50. The maximum atomic E-state index is 12.0. The maximum Gasteiger partial charge on any atom is 0.407 e. The molecule has 6 heteroatoms. The van der Waals surface area contributed by atoms with E-state index < -0.39 is 11.7 Å². The number of nitrogens with two attached hydrogens (primary N) is 1. The van der Waals surface area contributed by atoms with Crippen molar-refractivity contribution < 1.29 is 19.1 Å². The van der Waals surface area contributed by atoms with Crippen LogP contribution in [0.25, 0.3) is 6.08 Å². The van der Waals surface area contributed by atoms with E-state index in [4.69, 9.17) is 15.2 Å². The Kier molecular flexibility index (Phi) is 6.66. The van der Waals surface area contributed by atoms with Gasteiger partial charge in [0.1, 0.15) is 11.7 Å². The number of rotatable bonds is 4. The predicted octanol–water partition coefficient (Wildman–Crippen LogP) is 3.66. The number of nitrogen functional groups attached to an aromatic ring is 1. The third-order valence-corrected chi connectivity index (χ3v) is 4.07. The highest BCUT2D eigenvalue weighted by atomic mass is 16.6. The average Bonchev–Trinajstić information content (AvgIpc) is 2.54. The van der Waals surface area contributed by atoms with E-state index >= 15 is 0 Å². The molecule has 0 spiro atoms. The minimum absolute atomic E-state index is 0.0551. The molecule has 0 aliphatic heterocycles. The first kappa shape index (κ1) is 19.8. The van der Waals surface area contributed by atoms with Crippen molar-refractivity contribution in [3.63, 3.8) is 0 Å². The lowest BCUT2D eigenvalue weighted by atomic mass is 9.93. The number of para-hydroxylation sites is 1. The van der Waals surface area contributed by atoms with Crippen LogP contribution in [0.5, 0.6) is 0 Å². The summed E-state index contributed by atoms with van der Waals surface area (Å²) in [5.74, 6) is -0.378. The molecule has 1 aromatic rings. The number of amides is 1. The lowest BCUT2D eigenvalue weighted by Crippen LogP contribution is -2.42. The molecule has 0 unspecified atom stereocenters. The summed E-state index contributed by atoms with van der Waals surface area (Å²) in [6.45, 7) is 5.50. The number of hydrogen-bond donors (Lipinski definition) is 2. The van der Waals surface area contributed by atoms with Crippen molar-refractivity contribution in [2.24, 2.45) is 0 Å². The van der Waals surface area contributed by atoms with E-state index in [2.05, 4.69) is 5.32 Å². The van der Waals surface area contributed by atoms with E-state index in [1.807, 2.05) is 39.0 Å². The van der Waals surface area contributed by atoms with Crippen molar-refractivity contribution >= 4 is 23.8 Å². The lowest BCUT2D eigenvalue weighted by molar-refractivity contribution is -0.144. The van der Waals surface area contributed by atoms with Crippen LogP contribution in [0.1, 0.15) is 52.0 Å². The molecule has 1 saturated carbocycles. The lowest BCUT2D eigenvalue weighted by Gasteiger charge is -2.29. The molecule has 0 atom stereocenters. The van der Waals surface area contributed by atoms with Gasteiger partial charge in [0, 0.05) is 17.8 Å². The molecule has 0 radical (unpaired) electrons. The Morgan fingerprint density at radius 1 is 1.15 bits per heavy atom. The van der Waals surface area contributed by atoms with Crippen LogP contribution in [0.15, 0.2) is 30.3 Å². The molecule has 142 valence electrons. The highest BCUT2D eigenvalue weighted by molar-refractivity contribution is 5.88. The number of hydrogen-bond acceptors (Lipinski definition) is 5. The molecule has 0 bridgehead atoms. The Labute approximate surface area is 154 Å². The largest absolute Gasteiger partial charge is 0.459 e. The zero-order valence-corrected chi connectivity index (χ0v) is 15.7. The maximum absolute atomic E-state index is 12.0. The molecule has 0 saturated heterocycles. The van der Waals surface area contributed by atoms with Crippen molar-refractivity contribution in [1.29, 1.82) is 0 Å². The molecule has 1 aliphatic rings. The fraction of sp³-hybridized carbons (Fsp3) is 0.500. The highest BCUT2D eigenvalue weighted by Crippen LogP contribution is 2.22. The van der Waals surface area contributed by atoms with Crippen molar-refractivity contribution in [3.8, 4) is 0 Å². The van der Waals surface area contributed by atoms with Crippen molar-refractivity contribution in [3.05, 3.63) is 35.9 Å². The van der Waals surface area contributed by atoms with Gasteiger partial charge in [-0.2, -0.15) is 0 Å². The first-order valence-corrected chi connectivity index (χ1v) is 8.95. The van der Waals surface area contributed by atoms with Crippen LogP contribution in [0.3, 0.4) is 0 Å². The van der Waals surface area contributed by atoms with Crippen LogP contribution in [0.2, 0.25) is 0 Å². The summed E-state index contributed by atoms with van der Waals surface area (Å²) in [7, 11) is 0. The number of anilines is 1.